The summed E-state index contributed by atoms with van der Waals surface area (Å²) in [5, 5.41) is 5.01. The molecule has 0 saturated carbocycles. The van der Waals surface area contributed by atoms with Crippen LogP contribution in [0.3, 0.4) is 0 Å². The number of hydrogen-bond acceptors (Lipinski definition) is 5. The number of carbonyl (C=O) groups excluding carboxylic acids is 2. The predicted molar refractivity (Wildman–Crippen MR) is 94.5 cm³/mol. The van der Waals surface area contributed by atoms with Gasteiger partial charge < -0.3 is 14.5 Å². The Morgan fingerprint density at radius 1 is 1.16 bits per heavy atom. The fourth-order valence-electron chi connectivity index (χ4n) is 2.15. The van der Waals surface area contributed by atoms with Crippen LogP contribution in [0.4, 0.5) is 0 Å². The topological polar surface area (TPSA) is 68.5 Å². The maximum absolute atomic E-state index is 12.6. The molecule has 1 aromatic carbocycles. The molecule has 0 bridgehead atoms. The van der Waals surface area contributed by atoms with Crippen molar-refractivity contribution in [2.45, 2.75) is 12.6 Å². The van der Waals surface area contributed by atoms with E-state index in [1.54, 1.807) is 53.9 Å². The third-order valence-corrected chi connectivity index (χ3v) is 4.48. The van der Waals surface area contributed by atoms with Gasteiger partial charge in [0.2, 0.25) is 6.10 Å². The van der Waals surface area contributed by atoms with Crippen LogP contribution in [0.15, 0.2) is 64.6 Å². The second-order valence-corrected chi connectivity index (χ2v) is 6.50. The summed E-state index contributed by atoms with van der Waals surface area (Å²) in [7, 11) is 0. The Kier molecular flexibility index (Phi) is 5.53. The van der Waals surface area contributed by atoms with E-state index in [4.69, 9.17) is 20.8 Å². The quantitative estimate of drug-likeness (QED) is 0.655. The monoisotopic (exact) mass is 375 g/mol. The zero-order valence-electron chi connectivity index (χ0n) is 13.0. The second kappa shape index (κ2) is 8.00. The third kappa shape index (κ3) is 4.49. The number of halogens is 1. The summed E-state index contributed by atoms with van der Waals surface area (Å²) in [6.45, 7) is 0.201. The van der Waals surface area contributed by atoms with Gasteiger partial charge in [0.05, 0.1) is 12.8 Å². The molecule has 0 radical (unpaired) electrons. The van der Waals surface area contributed by atoms with Crippen LogP contribution in [0.25, 0.3) is 0 Å². The molecule has 1 amide bonds. The van der Waals surface area contributed by atoms with E-state index in [9.17, 15) is 9.59 Å². The molecule has 5 nitrogen and oxygen atoms in total. The first kappa shape index (κ1) is 17.3. The first-order valence-electron chi connectivity index (χ1n) is 7.43. The summed E-state index contributed by atoms with van der Waals surface area (Å²) in [6, 6.07) is 13.5. The van der Waals surface area contributed by atoms with E-state index >= 15 is 0 Å². The average molecular weight is 376 g/mol. The Bertz CT molecular complexity index is 829. The van der Waals surface area contributed by atoms with E-state index in [1.165, 1.54) is 17.6 Å². The molecule has 128 valence electrons. The fourth-order valence-corrected chi connectivity index (χ4v) is 2.88. The molecule has 1 N–H and O–H groups in total. The highest BCUT2D eigenvalue weighted by Crippen LogP contribution is 2.23. The molecule has 0 saturated heterocycles. The minimum atomic E-state index is -1.08. The van der Waals surface area contributed by atoms with E-state index in [0.29, 0.717) is 21.2 Å². The Labute approximate surface area is 153 Å². The lowest BCUT2D eigenvalue weighted by Crippen LogP contribution is -2.31. The van der Waals surface area contributed by atoms with Crippen molar-refractivity contribution in [3.05, 3.63) is 81.4 Å². The summed E-state index contributed by atoms with van der Waals surface area (Å²) in [4.78, 5) is 25.3. The molecule has 1 atom stereocenters. The highest BCUT2D eigenvalue weighted by atomic mass is 35.5. The molecule has 7 heteroatoms. The smallest absolute Gasteiger partial charge is 0.349 e. The average Bonchev–Trinajstić information content (AvgIpc) is 3.31. The van der Waals surface area contributed by atoms with Crippen LogP contribution in [-0.2, 0) is 16.1 Å². The molecule has 3 rings (SSSR count). The van der Waals surface area contributed by atoms with Crippen LogP contribution < -0.4 is 5.32 Å². The molecule has 0 spiro atoms. The number of furan rings is 1. The van der Waals surface area contributed by atoms with E-state index < -0.39 is 18.0 Å². The summed E-state index contributed by atoms with van der Waals surface area (Å²) in [5.41, 5.74) is 0.534. The molecule has 0 aliphatic heterocycles. The van der Waals surface area contributed by atoms with Crippen molar-refractivity contribution in [3.8, 4) is 0 Å². The molecule has 0 aliphatic carbocycles. The summed E-state index contributed by atoms with van der Waals surface area (Å²) >= 11 is 7.14. The Balaban J connectivity index is 1.76. The van der Waals surface area contributed by atoms with E-state index in [0.717, 1.165) is 0 Å². The number of nitrogens with one attached hydrogen (secondary N) is 1. The maximum Gasteiger partial charge on any atom is 0.349 e. The zero-order valence-corrected chi connectivity index (χ0v) is 14.5. The van der Waals surface area contributed by atoms with Crippen LogP contribution >= 0.6 is 22.9 Å². The minimum absolute atomic E-state index is 0.201. The Hall–Kier alpha value is -2.57. The molecule has 3 aromatic rings. The van der Waals surface area contributed by atoms with Gasteiger partial charge in [-0.05, 0) is 35.7 Å². The van der Waals surface area contributed by atoms with Crippen molar-refractivity contribution in [3.63, 3.8) is 0 Å². The first-order chi connectivity index (χ1) is 12.1. The molecule has 0 aliphatic rings. The molecule has 0 fully saturated rings. The number of thiophene rings is 1. The third-order valence-electron chi connectivity index (χ3n) is 3.38. The number of hydrogen-bond donors (Lipinski definition) is 1. The van der Waals surface area contributed by atoms with Crippen LogP contribution in [0.1, 0.15) is 27.1 Å². The van der Waals surface area contributed by atoms with Gasteiger partial charge in [-0.15, -0.1) is 11.3 Å². The number of rotatable bonds is 6. The summed E-state index contributed by atoms with van der Waals surface area (Å²) in [5.74, 6) is -0.389. The van der Waals surface area contributed by atoms with Gasteiger partial charge in [0.25, 0.3) is 5.91 Å². The van der Waals surface area contributed by atoms with Gasteiger partial charge in [-0.2, -0.15) is 0 Å². The van der Waals surface area contributed by atoms with E-state index in [2.05, 4.69) is 5.32 Å². The van der Waals surface area contributed by atoms with Gasteiger partial charge in [-0.25, -0.2) is 4.79 Å². The molecular weight excluding hydrogens is 362 g/mol. The van der Waals surface area contributed by atoms with Crippen molar-refractivity contribution >= 4 is 34.8 Å². The molecular formula is C18H14ClNO4S. The zero-order chi connectivity index (χ0) is 17.6. The van der Waals surface area contributed by atoms with Gasteiger partial charge in [0.15, 0.2) is 0 Å². The van der Waals surface area contributed by atoms with Crippen molar-refractivity contribution in [2.24, 2.45) is 0 Å². The van der Waals surface area contributed by atoms with E-state index in [1.807, 2.05) is 0 Å². The van der Waals surface area contributed by atoms with Crippen molar-refractivity contribution in [2.75, 3.05) is 0 Å². The van der Waals surface area contributed by atoms with Gasteiger partial charge in [0, 0.05) is 10.6 Å². The summed E-state index contributed by atoms with van der Waals surface area (Å²) < 4.78 is 10.6. The number of amides is 1. The SMILES string of the molecule is O=C(O[C@H](C(=O)NCc1ccco1)c1ccc(Cl)cc1)c1cccs1. The van der Waals surface area contributed by atoms with Gasteiger partial charge in [-0.3, -0.25) is 4.79 Å². The summed E-state index contributed by atoms with van der Waals surface area (Å²) in [6.07, 6.45) is 0.441. The van der Waals surface area contributed by atoms with Gasteiger partial charge >= 0.3 is 5.97 Å². The number of esters is 1. The number of benzene rings is 1. The number of carbonyl (C=O) groups is 2. The normalized spacial score (nSPS) is 11.7. The standard InChI is InChI=1S/C18H14ClNO4S/c19-13-7-5-12(6-8-13)16(24-18(22)15-4-2-10-25-15)17(21)20-11-14-3-1-9-23-14/h1-10,16H,11H2,(H,20,21)/t16-/m0/s1. The fraction of sp³-hybridized carbons (Fsp3) is 0.111. The van der Waals surface area contributed by atoms with Crippen LogP contribution in [0, 0.1) is 0 Å². The second-order valence-electron chi connectivity index (χ2n) is 5.11. The molecule has 2 aromatic heterocycles. The first-order valence-corrected chi connectivity index (χ1v) is 8.69. The lowest BCUT2D eigenvalue weighted by atomic mass is 10.1. The lowest BCUT2D eigenvalue weighted by molar-refractivity contribution is -0.130. The van der Waals surface area contributed by atoms with Crippen LogP contribution in [0.2, 0.25) is 5.02 Å². The van der Waals surface area contributed by atoms with Crippen molar-refractivity contribution in [1.82, 2.24) is 5.32 Å². The van der Waals surface area contributed by atoms with Crippen molar-refractivity contribution < 1.29 is 18.7 Å². The minimum Gasteiger partial charge on any atom is -0.467 e. The number of ether oxygens (including phenoxy) is 1. The Morgan fingerprint density at radius 3 is 2.60 bits per heavy atom. The predicted octanol–water partition coefficient (Wildman–Crippen LogP) is 4.21. The maximum atomic E-state index is 12.6. The molecule has 25 heavy (non-hydrogen) atoms. The van der Waals surface area contributed by atoms with Crippen molar-refractivity contribution in [1.29, 1.82) is 0 Å². The lowest BCUT2D eigenvalue weighted by Gasteiger charge is -2.17. The van der Waals surface area contributed by atoms with Gasteiger partial charge in [-0.1, -0.05) is 29.8 Å². The molecule has 2 heterocycles. The highest BCUT2D eigenvalue weighted by Gasteiger charge is 2.26. The van der Waals surface area contributed by atoms with Crippen LogP contribution in [-0.4, -0.2) is 11.9 Å². The highest BCUT2D eigenvalue weighted by molar-refractivity contribution is 7.11. The van der Waals surface area contributed by atoms with Gasteiger partial charge in [0.1, 0.15) is 10.6 Å². The molecule has 0 unspecified atom stereocenters. The van der Waals surface area contributed by atoms with Crippen LogP contribution in [0.5, 0.6) is 0 Å². The Morgan fingerprint density at radius 2 is 1.96 bits per heavy atom. The van der Waals surface area contributed by atoms with E-state index in [-0.39, 0.29) is 6.54 Å². The largest absolute Gasteiger partial charge is 0.467 e.